The number of benzene rings is 1. The molecule has 0 fully saturated rings. The SMILES string of the molecule is CCOC(=O)c1nc2n(n1)C(c1ccccc1)C[C@@H]2F. The average molecular weight is 275 g/mol. The minimum Gasteiger partial charge on any atom is -0.460 e. The quantitative estimate of drug-likeness (QED) is 0.807. The molecular weight excluding hydrogens is 261 g/mol. The molecule has 1 aliphatic heterocycles. The lowest BCUT2D eigenvalue weighted by molar-refractivity contribution is 0.0511. The molecule has 20 heavy (non-hydrogen) atoms. The maximum Gasteiger partial charge on any atom is 0.378 e. The first-order chi connectivity index (χ1) is 9.70. The largest absolute Gasteiger partial charge is 0.460 e. The fourth-order valence-electron chi connectivity index (χ4n) is 2.41. The number of esters is 1. The average Bonchev–Trinajstić information content (AvgIpc) is 3.01. The van der Waals surface area contributed by atoms with Crippen LogP contribution in [0.15, 0.2) is 30.3 Å². The summed E-state index contributed by atoms with van der Waals surface area (Å²) >= 11 is 0. The van der Waals surface area contributed by atoms with E-state index in [9.17, 15) is 9.18 Å². The number of halogens is 1. The Balaban J connectivity index is 1.96. The van der Waals surface area contributed by atoms with Crippen molar-refractivity contribution >= 4 is 5.97 Å². The monoisotopic (exact) mass is 275 g/mol. The zero-order chi connectivity index (χ0) is 14.1. The lowest BCUT2D eigenvalue weighted by atomic mass is 10.0. The molecule has 2 atom stereocenters. The van der Waals surface area contributed by atoms with Crippen molar-refractivity contribution in [2.45, 2.75) is 25.6 Å². The Morgan fingerprint density at radius 3 is 2.90 bits per heavy atom. The van der Waals surface area contributed by atoms with Gasteiger partial charge in [0.2, 0.25) is 0 Å². The molecule has 0 spiro atoms. The normalized spacial score (nSPS) is 20.7. The Bertz CT molecular complexity index is 627. The van der Waals surface area contributed by atoms with Crippen molar-refractivity contribution in [1.82, 2.24) is 14.8 Å². The van der Waals surface area contributed by atoms with E-state index in [1.54, 1.807) is 6.92 Å². The number of nitrogens with zero attached hydrogens (tertiary/aromatic N) is 3. The van der Waals surface area contributed by atoms with Crippen LogP contribution in [0.1, 0.15) is 47.6 Å². The molecule has 3 rings (SSSR count). The first kappa shape index (κ1) is 12.8. The number of rotatable bonds is 3. The van der Waals surface area contributed by atoms with Crippen LogP contribution in [0.3, 0.4) is 0 Å². The second kappa shape index (κ2) is 5.03. The van der Waals surface area contributed by atoms with Gasteiger partial charge in [-0.15, -0.1) is 5.10 Å². The van der Waals surface area contributed by atoms with E-state index in [0.717, 1.165) is 5.56 Å². The molecule has 0 radical (unpaired) electrons. The summed E-state index contributed by atoms with van der Waals surface area (Å²) in [7, 11) is 0. The molecule has 5 nitrogen and oxygen atoms in total. The van der Waals surface area contributed by atoms with Crippen LogP contribution in [0.25, 0.3) is 0 Å². The van der Waals surface area contributed by atoms with Crippen LogP contribution in [-0.4, -0.2) is 27.3 Å². The van der Waals surface area contributed by atoms with Crippen LogP contribution in [0, 0.1) is 0 Å². The first-order valence-electron chi connectivity index (χ1n) is 6.53. The molecule has 2 heterocycles. The molecule has 1 aliphatic rings. The number of carbonyl (C=O) groups excluding carboxylic acids is 1. The van der Waals surface area contributed by atoms with Crippen molar-refractivity contribution in [3.05, 3.63) is 47.5 Å². The van der Waals surface area contributed by atoms with Gasteiger partial charge in [-0.1, -0.05) is 30.3 Å². The van der Waals surface area contributed by atoms with Crippen molar-refractivity contribution in [3.63, 3.8) is 0 Å². The lowest BCUT2D eigenvalue weighted by Gasteiger charge is -2.11. The van der Waals surface area contributed by atoms with E-state index in [1.165, 1.54) is 4.68 Å². The van der Waals surface area contributed by atoms with Gasteiger partial charge >= 0.3 is 5.97 Å². The number of hydrogen-bond acceptors (Lipinski definition) is 4. The fraction of sp³-hybridized carbons (Fsp3) is 0.357. The summed E-state index contributed by atoms with van der Waals surface area (Å²) in [5.41, 5.74) is 0.953. The Hall–Kier alpha value is -2.24. The van der Waals surface area contributed by atoms with E-state index in [1.807, 2.05) is 30.3 Å². The summed E-state index contributed by atoms with van der Waals surface area (Å²) < 4.78 is 20.4. The molecule has 0 saturated heterocycles. The van der Waals surface area contributed by atoms with Gasteiger partial charge < -0.3 is 4.74 Å². The summed E-state index contributed by atoms with van der Waals surface area (Å²) in [6.45, 7) is 1.94. The molecular formula is C14H14FN3O2. The Morgan fingerprint density at radius 2 is 2.20 bits per heavy atom. The molecule has 1 aromatic carbocycles. The second-order valence-corrected chi connectivity index (χ2v) is 4.59. The smallest absolute Gasteiger partial charge is 0.378 e. The standard InChI is InChI=1S/C14H14FN3O2/c1-2-20-14(19)12-16-13-10(15)8-11(18(13)17-12)9-6-4-3-5-7-9/h3-7,10-11H,2,8H2,1H3/t10-,11?/m0/s1. The molecule has 1 aromatic heterocycles. The maximum absolute atomic E-state index is 14.0. The zero-order valence-corrected chi connectivity index (χ0v) is 11.0. The zero-order valence-electron chi connectivity index (χ0n) is 11.0. The van der Waals surface area contributed by atoms with Crippen LogP contribution in [0.2, 0.25) is 0 Å². The summed E-state index contributed by atoms with van der Waals surface area (Å²) in [5, 5.41) is 4.11. The topological polar surface area (TPSA) is 57.0 Å². The molecule has 2 aromatic rings. The molecule has 0 saturated carbocycles. The van der Waals surface area contributed by atoms with Crippen molar-refractivity contribution in [2.24, 2.45) is 0 Å². The maximum atomic E-state index is 14.0. The van der Waals surface area contributed by atoms with Gasteiger partial charge in [0, 0.05) is 6.42 Å². The molecule has 0 aliphatic carbocycles. The van der Waals surface area contributed by atoms with Gasteiger partial charge in [0.25, 0.3) is 5.82 Å². The third-order valence-corrected chi connectivity index (χ3v) is 3.31. The Labute approximate surface area is 115 Å². The minimum atomic E-state index is -1.21. The number of fused-ring (bicyclic) bond motifs is 1. The third-order valence-electron chi connectivity index (χ3n) is 3.31. The molecule has 0 amide bonds. The van der Waals surface area contributed by atoms with E-state index in [4.69, 9.17) is 4.74 Å². The van der Waals surface area contributed by atoms with E-state index < -0.39 is 12.1 Å². The molecule has 0 bridgehead atoms. The summed E-state index contributed by atoms with van der Waals surface area (Å²) in [6, 6.07) is 9.29. The minimum absolute atomic E-state index is 0.0786. The number of hydrogen-bond donors (Lipinski definition) is 0. The lowest BCUT2D eigenvalue weighted by Crippen LogP contribution is -2.11. The predicted molar refractivity (Wildman–Crippen MR) is 69.0 cm³/mol. The van der Waals surface area contributed by atoms with Gasteiger partial charge in [0.15, 0.2) is 12.0 Å². The van der Waals surface area contributed by atoms with Crippen molar-refractivity contribution in [3.8, 4) is 0 Å². The highest BCUT2D eigenvalue weighted by molar-refractivity contribution is 5.85. The first-order valence-corrected chi connectivity index (χ1v) is 6.53. The van der Waals surface area contributed by atoms with Crippen LogP contribution in [0.5, 0.6) is 0 Å². The van der Waals surface area contributed by atoms with Crippen LogP contribution in [-0.2, 0) is 4.74 Å². The summed E-state index contributed by atoms with van der Waals surface area (Å²) in [6.07, 6.45) is -0.918. The molecule has 6 heteroatoms. The van der Waals surface area contributed by atoms with Gasteiger partial charge in [-0.25, -0.2) is 18.9 Å². The van der Waals surface area contributed by atoms with Crippen LogP contribution >= 0.6 is 0 Å². The molecule has 1 unspecified atom stereocenters. The summed E-state index contributed by atoms with van der Waals surface area (Å²) in [4.78, 5) is 15.6. The van der Waals surface area contributed by atoms with Gasteiger partial charge in [-0.05, 0) is 12.5 Å². The number of alkyl halides is 1. The van der Waals surface area contributed by atoms with Crippen LogP contribution < -0.4 is 0 Å². The summed E-state index contributed by atoms with van der Waals surface area (Å²) in [5.74, 6) is -0.500. The number of carbonyl (C=O) groups is 1. The molecule has 104 valence electrons. The van der Waals surface area contributed by atoms with Gasteiger partial charge in [-0.3, -0.25) is 0 Å². The number of aromatic nitrogens is 3. The van der Waals surface area contributed by atoms with E-state index in [-0.39, 0.29) is 24.3 Å². The predicted octanol–water partition coefficient (Wildman–Crippen LogP) is 2.46. The third kappa shape index (κ3) is 2.07. The van der Waals surface area contributed by atoms with Gasteiger partial charge in [0.05, 0.1) is 12.6 Å². The highest BCUT2D eigenvalue weighted by atomic mass is 19.1. The Morgan fingerprint density at radius 1 is 1.45 bits per heavy atom. The fourth-order valence-corrected chi connectivity index (χ4v) is 2.41. The second-order valence-electron chi connectivity index (χ2n) is 4.59. The highest BCUT2D eigenvalue weighted by Gasteiger charge is 2.36. The van der Waals surface area contributed by atoms with E-state index >= 15 is 0 Å². The van der Waals surface area contributed by atoms with Crippen molar-refractivity contribution in [1.29, 1.82) is 0 Å². The van der Waals surface area contributed by atoms with Crippen molar-refractivity contribution < 1.29 is 13.9 Å². The molecule has 0 N–H and O–H groups in total. The van der Waals surface area contributed by atoms with E-state index in [0.29, 0.717) is 6.42 Å². The van der Waals surface area contributed by atoms with Crippen LogP contribution in [0.4, 0.5) is 4.39 Å². The van der Waals surface area contributed by atoms with Crippen molar-refractivity contribution in [2.75, 3.05) is 6.61 Å². The highest BCUT2D eigenvalue weighted by Crippen LogP contribution is 2.39. The Kier molecular flexibility index (Phi) is 3.22. The van der Waals surface area contributed by atoms with Gasteiger partial charge in [-0.2, -0.15) is 0 Å². The number of ether oxygens (including phenoxy) is 1. The van der Waals surface area contributed by atoms with E-state index in [2.05, 4.69) is 10.1 Å². The van der Waals surface area contributed by atoms with Gasteiger partial charge in [0.1, 0.15) is 0 Å².